The molecular formula is C48H29NS2. The van der Waals surface area contributed by atoms with Crippen LogP contribution in [0.2, 0.25) is 0 Å². The molecule has 0 amide bonds. The Labute approximate surface area is 302 Å². The van der Waals surface area contributed by atoms with E-state index >= 15 is 0 Å². The van der Waals surface area contributed by atoms with Gasteiger partial charge in [0, 0.05) is 52.0 Å². The van der Waals surface area contributed by atoms with E-state index in [-0.39, 0.29) is 0 Å². The van der Waals surface area contributed by atoms with Gasteiger partial charge >= 0.3 is 0 Å². The lowest BCUT2D eigenvalue weighted by molar-refractivity contribution is 1.20. The van der Waals surface area contributed by atoms with E-state index in [0.29, 0.717) is 0 Å². The molecule has 0 saturated carbocycles. The Morgan fingerprint density at radius 3 is 1.86 bits per heavy atom. The second-order valence-electron chi connectivity index (χ2n) is 13.2. The molecule has 3 heterocycles. The van der Waals surface area contributed by atoms with Gasteiger partial charge in [0.25, 0.3) is 0 Å². The fourth-order valence-electron chi connectivity index (χ4n) is 8.13. The van der Waals surface area contributed by atoms with E-state index in [1.165, 1.54) is 101 Å². The highest BCUT2D eigenvalue weighted by molar-refractivity contribution is 7.27. The highest BCUT2D eigenvalue weighted by atomic mass is 32.1. The lowest BCUT2D eigenvalue weighted by atomic mass is 9.94. The second-order valence-corrected chi connectivity index (χ2v) is 15.3. The molecule has 0 fully saturated rings. The Morgan fingerprint density at radius 2 is 1.00 bits per heavy atom. The Morgan fingerprint density at radius 1 is 0.333 bits per heavy atom. The van der Waals surface area contributed by atoms with Crippen molar-refractivity contribution < 1.29 is 0 Å². The zero-order valence-corrected chi connectivity index (χ0v) is 29.1. The molecule has 0 aliphatic heterocycles. The van der Waals surface area contributed by atoms with Gasteiger partial charge in [-0.05, 0) is 58.1 Å². The van der Waals surface area contributed by atoms with Gasteiger partial charge in [-0.15, -0.1) is 22.7 Å². The molecule has 3 heteroatoms. The molecule has 0 bridgehead atoms. The van der Waals surface area contributed by atoms with Crippen LogP contribution in [-0.2, 0) is 0 Å². The zero-order valence-electron chi connectivity index (χ0n) is 27.5. The predicted molar refractivity (Wildman–Crippen MR) is 223 cm³/mol. The Bertz CT molecular complexity index is 3130. The number of benzene rings is 8. The monoisotopic (exact) mass is 683 g/mol. The summed E-state index contributed by atoms with van der Waals surface area (Å²) >= 11 is 3.83. The third-order valence-electron chi connectivity index (χ3n) is 10.4. The Balaban J connectivity index is 1.23. The van der Waals surface area contributed by atoms with Crippen molar-refractivity contribution in [1.29, 1.82) is 0 Å². The molecule has 0 aliphatic carbocycles. The van der Waals surface area contributed by atoms with E-state index in [0.717, 1.165) is 0 Å². The van der Waals surface area contributed by atoms with Crippen LogP contribution in [0.4, 0.5) is 0 Å². The molecular weight excluding hydrogens is 655 g/mol. The van der Waals surface area contributed by atoms with Crippen molar-refractivity contribution in [3.63, 3.8) is 0 Å². The molecule has 238 valence electrons. The summed E-state index contributed by atoms with van der Waals surface area (Å²) in [7, 11) is 0. The summed E-state index contributed by atoms with van der Waals surface area (Å²) in [4.78, 5) is 0. The van der Waals surface area contributed by atoms with Crippen LogP contribution in [0, 0.1) is 0 Å². The van der Waals surface area contributed by atoms with Gasteiger partial charge in [-0.1, -0.05) is 146 Å². The van der Waals surface area contributed by atoms with E-state index in [1.54, 1.807) is 0 Å². The van der Waals surface area contributed by atoms with Crippen LogP contribution in [0.15, 0.2) is 176 Å². The third-order valence-corrected chi connectivity index (χ3v) is 12.9. The summed E-state index contributed by atoms with van der Waals surface area (Å²) in [5.74, 6) is 0. The van der Waals surface area contributed by atoms with Gasteiger partial charge in [0.05, 0.1) is 21.4 Å². The van der Waals surface area contributed by atoms with E-state index in [1.807, 2.05) is 22.7 Å². The average molecular weight is 684 g/mol. The van der Waals surface area contributed by atoms with Gasteiger partial charge in [-0.25, -0.2) is 0 Å². The lowest BCUT2D eigenvalue weighted by Gasteiger charge is -2.11. The summed E-state index contributed by atoms with van der Waals surface area (Å²) in [5, 5.41) is 7.82. The summed E-state index contributed by atoms with van der Waals surface area (Å²) in [6, 6.07) is 64.6. The molecule has 0 radical (unpaired) electrons. The number of hydrogen-bond donors (Lipinski definition) is 0. The maximum atomic E-state index is 2.49. The summed E-state index contributed by atoms with van der Waals surface area (Å²) < 4.78 is 7.80. The van der Waals surface area contributed by atoms with Crippen molar-refractivity contribution in [2.24, 2.45) is 0 Å². The van der Waals surface area contributed by atoms with Crippen LogP contribution < -0.4 is 0 Å². The van der Waals surface area contributed by atoms with Crippen LogP contribution in [0.3, 0.4) is 0 Å². The highest BCUT2D eigenvalue weighted by Crippen LogP contribution is 2.50. The summed E-state index contributed by atoms with van der Waals surface area (Å²) in [6.07, 6.45) is 0. The van der Waals surface area contributed by atoms with Gasteiger partial charge in [-0.2, -0.15) is 0 Å². The minimum Gasteiger partial charge on any atom is -0.308 e. The van der Waals surface area contributed by atoms with Crippen LogP contribution >= 0.6 is 22.7 Å². The molecule has 0 N–H and O–H groups in total. The molecule has 0 atom stereocenters. The SMILES string of the molecule is c1ccc(-c2ccc3c(c2)c2ccccc2n3-c2cccc3c2sc2c(-c4ccccc4)ccc(-c4cccc5c4sc4ccccc45)c23)cc1. The summed E-state index contributed by atoms with van der Waals surface area (Å²) in [6.45, 7) is 0. The molecule has 1 nitrogen and oxygen atoms in total. The number of nitrogens with zero attached hydrogens (tertiary/aromatic N) is 1. The van der Waals surface area contributed by atoms with Crippen LogP contribution in [0.25, 0.3) is 101 Å². The predicted octanol–water partition coefficient (Wildman–Crippen LogP) is 14.5. The first kappa shape index (κ1) is 28.8. The van der Waals surface area contributed by atoms with Crippen molar-refractivity contribution in [2.75, 3.05) is 0 Å². The molecule has 3 aromatic heterocycles. The first-order valence-electron chi connectivity index (χ1n) is 17.4. The second kappa shape index (κ2) is 11.3. The fourth-order valence-corrected chi connectivity index (χ4v) is 10.7. The number of thiophene rings is 2. The van der Waals surface area contributed by atoms with Gasteiger partial charge in [0.1, 0.15) is 0 Å². The van der Waals surface area contributed by atoms with Crippen molar-refractivity contribution in [1.82, 2.24) is 4.57 Å². The quantitative estimate of drug-likeness (QED) is 0.174. The number of para-hydroxylation sites is 1. The third kappa shape index (κ3) is 4.32. The molecule has 8 aromatic carbocycles. The van der Waals surface area contributed by atoms with Gasteiger partial charge in [-0.3, -0.25) is 0 Å². The van der Waals surface area contributed by atoms with Gasteiger partial charge in [0.15, 0.2) is 0 Å². The number of hydrogen-bond acceptors (Lipinski definition) is 2. The van der Waals surface area contributed by atoms with Crippen molar-refractivity contribution in [3.8, 4) is 39.1 Å². The number of fused-ring (bicyclic) bond motifs is 9. The number of rotatable bonds is 4. The van der Waals surface area contributed by atoms with Crippen molar-refractivity contribution in [3.05, 3.63) is 176 Å². The minimum atomic E-state index is 1.22. The largest absolute Gasteiger partial charge is 0.308 e. The van der Waals surface area contributed by atoms with Crippen LogP contribution in [0.1, 0.15) is 0 Å². The maximum Gasteiger partial charge on any atom is 0.0640 e. The van der Waals surface area contributed by atoms with Crippen molar-refractivity contribution in [2.45, 2.75) is 0 Å². The topological polar surface area (TPSA) is 4.93 Å². The fraction of sp³-hybridized carbons (Fsp3) is 0. The highest BCUT2D eigenvalue weighted by Gasteiger charge is 2.22. The zero-order chi connectivity index (χ0) is 33.5. The molecule has 0 spiro atoms. The van der Waals surface area contributed by atoms with E-state index < -0.39 is 0 Å². The van der Waals surface area contributed by atoms with Gasteiger partial charge in [0.2, 0.25) is 0 Å². The van der Waals surface area contributed by atoms with E-state index in [9.17, 15) is 0 Å². The average Bonchev–Trinajstić information content (AvgIpc) is 3.88. The number of aromatic nitrogens is 1. The molecule has 51 heavy (non-hydrogen) atoms. The molecule has 0 unspecified atom stereocenters. The Kier molecular flexibility index (Phi) is 6.36. The van der Waals surface area contributed by atoms with Crippen LogP contribution in [0.5, 0.6) is 0 Å². The lowest BCUT2D eigenvalue weighted by Crippen LogP contribution is -1.93. The summed E-state index contributed by atoms with van der Waals surface area (Å²) in [5.41, 5.74) is 11.2. The molecule has 11 rings (SSSR count). The van der Waals surface area contributed by atoms with E-state index in [4.69, 9.17) is 0 Å². The normalized spacial score (nSPS) is 11.9. The molecule has 0 saturated heterocycles. The van der Waals surface area contributed by atoms with Crippen molar-refractivity contribution >= 4 is 84.8 Å². The standard InChI is InChI=1S/C48H29NS2/c1-3-13-30(14-4-1)32-25-28-42-40(29-32)34-17-7-9-22-41(34)49(42)43-23-12-21-39-45-36(27-26-33(48(45)51-47(39)43)31-15-5-2-6-16-31)38-20-11-19-37-35-18-8-10-24-44(35)50-46(37)38/h1-29H. The molecule has 11 aromatic rings. The maximum absolute atomic E-state index is 2.49. The smallest absolute Gasteiger partial charge is 0.0640 e. The molecule has 0 aliphatic rings. The van der Waals surface area contributed by atoms with Gasteiger partial charge < -0.3 is 4.57 Å². The first-order valence-corrected chi connectivity index (χ1v) is 19.0. The first-order chi connectivity index (χ1) is 25.3. The van der Waals surface area contributed by atoms with E-state index in [2.05, 4.69) is 180 Å². The van der Waals surface area contributed by atoms with Crippen LogP contribution in [-0.4, -0.2) is 4.57 Å². The minimum absolute atomic E-state index is 1.22. The Hall–Kier alpha value is -6.00.